The maximum atomic E-state index is 13.8. The molecule has 1 aliphatic rings. The smallest absolute Gasteiger partial charge is 0.199 e. The highest BCUT2D eigenvalue weighted by Gasteiger charge is 2.26. The highest BCUT2D eigenvalue weighted by Crippen LogP contribution is 2.29. The van der Waals surface area contributed by atoms with E-state index in [0.29, 0.717) is 17.7 Å². The van der Waals surface area contributed by atoms with E-state index in [-0.39, 0.29) is 11.7 Å². The van der Waals surface area contributed by atoms with Crippen LogP contribution in [0.25, 0.3) is 0 Å². The molecule has 4 rings (SSSR count). The van der Waals surface area contributed by atoms with Crippen molar-refractivity contribution in [2.24, 2.45) is 0 Å². The van der Waals surface area contributed by atoms with E-state index < -0.39 is 0 Å². The number of hydrogen-bond donors (Lipinski definition) is 0. The highest BCUT2D eigenvalue weighted by atomic mass is 19.1. The zero-order valence-corrected chi connectivity index (χ0v) is 13.8. The largest absolute Gasteiger partial charge is 0.445 e. The molecule has 5 nitrogen and oxygen atoms in total. The van der Waals surface area contributed by atoms with Crippen LogP contribution in [0.5, 0.6) is 0 Å². The van der Waals surface area contributed by atoms with Gasteiger partial charge in [-0.1, -0.05) is 18.2 Å². The van der Waals surface area contributed by atoms with Gasteiger partial charge in [0.1, 0.15) is 23.7 Å². The van der Waals surface area contributed by atoms with Crippen LogP contribution in [0.2, 0.25) is 0 Å². The fraction of sp³-hybridized carbons (Fsp3) is 0.316. The SMILES string of the molecule is Fc1ccccc1Cc1cnc(C2CCCN(c3ccncn3)C2)o1. The normalized spacial score (nSPS) is 17.6. The van der Waals surface area contributed by atoms with Crippen molar-refractivity contribution in [1.29, 1.82) is 0 Å². The Balaban J connectivity index is 1.47. The minimum absolute atomic E-state index is 0.215. The predicted octanol–water partition coefficient (Wildman–Crippen LogP) is 3.58. The van der Waals surface area contributed by atoms with Gasteiger partial charge in [0.15, 0.2) is 5.89 Å². The molecular weight excluding hydrogens is 319 g/mol. The molecule has 1 aromatic carbocycles. The molecule has 1 fully saturated rings. The van der Waals surface area contributed by atoms with E-state index in [0.717, 1.165) is 37.6 Å². The van der Waals surface area contributed by atoms with Gasteiger partial charge in [-0.25, -0.2) is 19.3 Å². The fourth-order valence-electron chi connectivity index (χ4n) is 3.28. The quantitative estimate of drug-likeness (QED) is 0.728. The monoisotopic (exact) mass is 338 g/mol. The second kappa shape index (κ2) is 7.01. The van der Waals surface area contributed by atoms with Crippen LogP contribution in [0, 0.1) is 5.82 Å². The van der Waals surface area contributed by atoms with Crippen LogP contribution in [0.4, 0.5) is 10.2 Å². The summed E-state index contributed by atoms with van der Waals surface area (Å²) in [5.74, 6) is 2.35. The number of hydrogen-bond acceptors (Lipinski definition) is 5. The summed E-state index contributed by atoms with van der Waals surface area (Å²) in [6.45, 7) is 1.78. The predicted molar refractivity (Wildman–Crippen MR) is 91.9 cm³/mol. The highest BCUT2D eigenvalue weighted by molar-refractivity contribution is 5.37. The Morgan fingerprint density at radius 3 is 2.96 bits per heavy atom. The molecular formula is C19H19FN4O. The summed E-state index contributed by atoms with van der Waals surface area (Å²) in [7, 11) is 0. The third-order valence-electron chi connectivity index (χ3n) is 4.55. The second-order valence-electron chi connectivity index (χ2n) is 6.29. The minimum atomic E-state index is -0.215. The number of nitrogens with zero attached hydrogens (tertiary/aromatic N) is 4. The molecule has 1 aliphatic heterocycles. The van der Waals surface area contributed by atoms with Crippen LogP contribution < -0.4 is 4.90 Å². The summed E-state index contributed by atoms with van der Waals surface area (Å²) in [4.78, 5) is 15.0. The molecule has 0 aliphatic carbocycles. The standard InChI is InChI=1S/C19H19FN4O/c20-17-6-2-1-4-14(17)10-16-11-22-19(25-16)15-5-3-9-24(12-15)18-7-8-21-13-23-18/h1-2,4,6-8,11,13,15H,3,5,9-10,12H2. The minimum Gasteiger partial charge on any atom is -0.445 e. The van der Waals surface area contributed by atoms with Crippen molar-refractivity contribution in [1.82, 2.24) is 15.0 Å². The van der Waals surface area contributed by atoms with Crippen LogP contribution in [0.15, 0.2) is 53.5 Å². The summed E-state index contributed by atoms with van der Waals surface area (Å²) in [6.07, 6.45) is 7.54. The molecule has 0 spiro atoms. The Hall–Kier alpha value is -2.76. The van der Waals surface area contributed by atoms with Crippen molar-refractivity contribution in [3.63, 3.8) is 0 Å². The van der Waals surface area contributed by atoms with Gasteiger partial charge in [0.05, 0.1) is 12.1 Å². The lowest BCUT2D eigenvalue weighted by molar-refractivity contribution is 0.383. The van der Waals surface area contributed by atoms with Crippen LogP contribution in [0.1, 0.15) is 36.0 Å². The first-order chi connectivity index (χ1) is 12.3. The first kappa shape index (κ1) is 15.7. The Kier molecular flexibility index (Phi) is 4.41. The van der Waals surface area contributed by atoms with Gasteiger partial charge in [0, 0.05) is 25.7 Å². The summed E-state index contributed by atoms with van der Waals surface area (Å²) in [5.41, 5.74) is 0.622. The van der Waals surface area contributed by atoms with Crippen molar-refractivity contribution in [2.75, 3.05) is 18.0 Å². The molecule has 1 unspecified atom stereocenters. The van der Waals surface area contributed by atoms with Gasteiger partial charge in [0.25, 0.3) is 0 Å². The van der Waals surface area contributed by atoms with E-state index in [4.69, 9.17) is 4.42 Å². The van der Waals surface area contributed by atoms with Crippen LogP contribution in [-0.2, 0) is 6.42 Å². The average Bonchev–Trinajstić information content (AvgIpc) is 3.13. The Morgan fingerprint density at radius 2 is 2.12 bits per heavy atom. The topological polar surface area (TPSA) is 55.1 Å². The van der Waals surface area contributed by atoms with E-state index in [1.165, 1.54) is 6.07 Å². The van der Waals surface area contributed by atoms with E-state index in [1.54, 1.807) is 30.9 Å². The van der Waals surface area contributed by atoms with E-state index in [9.17, 15) is 4.39 Å². The zero-order chi connectivity index (χ0) is 17.1. The van der Waals surface area contributed by atoms with Gasteiger partial charge >= 0.3 is 0 Å². The molecule has 1 saturated heterocycles. The number of oxazole rings is 1. The Bertz CT molecular complexity index is 836. The van der Waals surface area contributed by atoms with Crippen molar-refractivity contribution in [2.45, 2.75) is 25.2 Å². The second-order valence-corrected chi connectivity index (χ2v) is 6.29. The molecule has 3 aromatic rings. The van der Waals surface area contributed by atoms with Crippen molar-refractivity contribution in [3.05, 3.63) is 72.1 Å². The van der Waals surface area contributed by atoms with Gasteiger partial charge in [0.2, 0.25) is 0 Å². The van der Waals surface area contributed by atoms with Gasteiger partial charge < -0.3 is 9.32 Å². The lowest BCUT2D eigenvalue weighted by Crippen LogP contribution is -2.35. The van der Waals surface area contributed by atoms with Gasteiger partial charge in [-0.05, 0) is 30.5 Å². The molecule has 0 amide bonds. The van der Waals surface area contributed by atoms with Crippen LogP contribution >= 0.6 is 0 Å². The molecule has 25 heavy (non-hydrogen) atoms. The number of piperidine rings is 1. The fourth-order valence-corrected chi connectivity index (χ4v) is 3.28. The Labute approximate surface area is 145 Å². The molecule has 6 heteroatoms. The lowest BCUT2D eigenvalue weighted by Gasteiger charge is -2.31. The summed E-state index contributed by atoms with van der Waals surface area (Å²) >= 11 is 0. The number of aromatic nitrogens is 3. The molecule has 1 atom stereocenters. The van der Waals surface area contributed by atoms with E-state index in [1.807, 2.05) is 12.1 Å². The maximum absolute atomic E-state index is 13.8. The van der Waals surface area contributed by atoms with Crippen molar-refractivity contribution >= 4 is 5.82 Å². The molecule has 0 radical (unpaired) electrons. The van der Waals surface area contributed by atoms with Gasteiger partial charge in [-0.15, -0.1) is 0 Å². The third-order valence-corrected chi connectivity index (χ3v) is 4.55. The number of benzene rings is 1. The van der Waals surface area contributed by atoms with Gasteiger partial charge in [-0.3, -0.25) is 0 Å². The van der Waals surface area contributed by atoms with E-state index in [2.05, 4.69) is 19.9 Å². The molecule has 2 aromatic heterocycles. The first-order valence-electron chi connectivity index (χ1n) is 8.48. The molecule has 128 valence electrons. The van der Waals surface area contributed by atoms with Crippen LogP contribution in [-0.4, -0.2) is 28.0 Å². The maximum Gasteiger partial charge on any atom is 0.199 e. The lowest BCUT2D eigenvalue weighted by atomic mass is 9.98. The number of anilines is 1. The third kappa shape index (κ3) is 3.52. The zero-order valence-electron chi connectivity index (χ0n) is 13.8. The summed E-state index contributed by atoms with van der Waals surface area (Å²) in [6, 6.07) is 8.68. The molecule has 3 heterocycles. The van der Waals surface area contributed by atoms with Crippen molar-refractivity contribution in [3.8, 4) is 0 Å². The van der Waals surface area contributed by atoms with Gasteiger partial charge in [-0.2, -0.15) is 0 Å². The summed E-state index contributed by atoms with van der Waals surface area (Å²) in [5, 5.41) is 0. The number of rotatable bonds is 4. The van der Waals surface area contributed by atoms with E-state index >= 15 is 0 Å². The Morgan fingerprint density at radius 1 is 1.20 bits per heavy atom. The first-order valence-corrected chi connectivity index (χ1v) is 8.48. The van der Waals surface area contributed by atoms with Crippen LogP contribution in [0.3, 0.4) is 0 Å². The number of halogens is 1. The molecule has 0 saturated carbocycles. The average molecular weight is 338 g/mol. The molecule has 0 bridgehead atoms. The molecule has 0 N–H and O–H groups in total. The van der Waals surface area contributed by atoms with Crippen molar-refractivity contribution < 1.29 is 8.81 Å². The summed E-state index contributed by atoms with van der Waals surface area (Å²) < 4.78 is 19.7.